The average Bonchev–Trinajstić information content (AvgIpc) is 3.16. The molecule has 2 atom stereocenters. The van der Waals surface area contributed by atoms with Crippen LogP contribution in [0.15, 0.2) is 23.6 Å². The molecule has 23 heavy (non-hydrogen) atoms. The standard InChI is InChI=1S/C15H12F2N2O3S/c16-10-3-1-2-7(13(10)17)8-4-9(8)14(20)18-5-12-19-11(6-23-12)15(21)22/h1-3,6,8-9H,4-5H2,(H,18,20)(H,21,22)/t8-,9-/m0/s1. The smallest absolute Gasteiger partial charge is 0.355 e. The number of hydrogen-bond donors (Lipinski definition) is 2. The lowest BCUT2D eigenvalue weighted by Gasteiger charge is -2.04. The zero-order valence-corrected chi connectivity index (χ0v) is 12.6. The van der Waals surface area contributed by atoms with Gasteiger partial charge in [0, 0.05) is 11.3 Å². The second-order valence-electron chi connectivity index (χ2n) is 5.24. The molecule has 120 valence electrons. The summed E-state index contributed by atoms with van der Waals surface area (Å²) in [6, 6.07) is 3.94. The first-order chi connectivity index (χ1) is 11.0. The summed E-state index contributed by atoms with van der Waals surface area (Å²) < 4.78 is 26.9. The molecule has 1 aliphatic carbocycles. The second kappa shape index (κ2) is 6.04. The molecule has 1 saturated carbocycles. The number of carbonyl (C=O) groups is 2. The van der Waals surface area contributed by atoms with Crippen molar-refractivity contribution in [3.63, 3.8) is 0 Å². The number of aromatic nitrogens is 1. The maximum Gasteiger partial charge on any atom is 0.355 e. The molecule has 1 fully saturated rings. The van der Waals surface area contributed by atoms with E-state index >= 15 is 0 Å². The lowest BCUT2D eigenvalue weighted by Crippen LogP contribution is -2.25. The van der Waals surface area contributed by atoms with Crippen molar-refractivity contribution in [1.29, 1.82) is 0 Å². The van der Waals surface area contributed by atoms with Crippen molar-refractivity contribution in [2.75, 3.05) is 0 Å². The van der Waals surface area contributed by atoms with Gasteiger partial charge < -0.3 is 10.4 Å². The molecule has 0 radical (unpaired) electrons. The first-order valence-corrected chi connectivity index (χ1v) is 7.74. The van der Waals surface area contributed by atoms with Gasteiger partial charge in [0.25, 0.3) is 0 Å². The zero-order chi connectivity index (χ0) is 16.6. The van der Waals surface area contributed by atoms with Crippen molar-refractivity contribution in [3.8, 4) is 0 Å². The number of halogens is 2. The first kappa shape index (κ1) is 15.5. The first-order valence-electron chi connectivity index (χ1n) is 6.86. The van der Waals surface area contributed by atoms with E-state index in [4.69, 9.17) is 5.11 Å². The molecule has 0 unspecified atom stereocenters. The van der Waals surface area contributed by atoms with E-state index in [-0.39, 0.29) is 29.6 Å². The van der Waals surface area contributed by atoms with Crippen LogP contribution in [0.25, 0.3) is 0 Å². The molecular weight excluding hydrogens is 326 g/mol. The minimum atomic E-state index is -1.12. The Morgan fingerprint density at radius 1 is 1.39 bits per heavy atom. The highest BCUT2D eigenvalue weighted by molar-refractivity contribution is 7.09. The number of aromatic carboxylic acids is 1. The van der Waals surface area contributed by atoms with Gasteiger partial charge in [-0.05, 0) is 24.0 Å². The van der Waals surface area contributed by atoms with Gasteiger partial charge in [0.1, 0.15) is 5.01 Å². The maximum atomic E-state index is 13.7. The number of rotatable bonds is 5. The third-order valence-electron chi connectivity index (χ3n) is 3.69. The molecule has 2 aromatic rings. The number of thiazole rings is 1. The van der Waals surface area contributed by atoms with Gasteiger partial charge in [-0.25, -0.2) is 18.6 Å². The molecule has 1 aromatic carbocycles. The molecule has 1 amide bonds. The van der Waals surface area contributed by atoms with Crippen molar-refractivity contribution in [2.24, 2.45) is 5.92 Å². The fourth-order valence-corrected chi connectivity index (χ4v) is 3.13. The monoisotopic (exact) mass is 338 g/mol. The maximum absolute atomic E-state index is 13.7. The van der Waals surface area contributed by atoms with Crippen LogP contribution in [0.2, 0.25) is 0 Å². The summed E-state index contributed by atoms with van der Waals surface area (Å²) in [5.74, 6) is -3.94. The highest BCUT2D eigenvalue weighted by Crippen LogP contribution is 2.48. The Morgan fingerprint density at radius 2 is 2.17 bits per heavy atom. The summed E-state index contributed by atoms with van der Waals surface area (Å²) in [5.41, 5.74) is 0.151. The molecule has 3 rings (SSSR count). The van der Waals surface area contributed by atoms with Crippen LogP contribution in [0.1, 0.15) is 33.4 Å². The summed E-state index contributed by atoms with van der Waals surface area (Å²) >= 11 is 1.14. The third-order valence-corrected chi connectivity index (χ3v) is 4.54. The van der Waals surface area contributed by atoms with Crippen molar-refractivity contribution in [1.82, 2.24) is 10.3 Å². The molecule has 1 aliphatic rings. The highest BCUT2D eigenvalue weighted by atomic mass is 32.1. The van der Waals surface area contributed by atoms with Crippen LogP contribution in [-0.2, 0) is 11.3 Å². The average molecular weight is 338 g/mol. The van der Waals surface area contributed by atoms with Gasteiger partial charge in [-0.1, -0.05) is 12.1 Å². The van der Waals surface area contributed by atoms with Crippen LogP contribution >= 0.6 is 11.3 Å². The summed E-state index contributed by atoms with van der Waals surface area (Å²) in [6.07, 6.45) is 0.463. The van der Waals surface area contributed by atoms with E-state index in [1.807, 2.05) is 0 Å². The minimum absolute atomic E-state index is 0.0645. The van der Waals surface area contributed by atoms with Crippen molar-refractivity contribution in [2.45, 2.75) is 18.9 Å². The Bertz CT molecular complexity index is 778. The van der Waals surface area contributed by atoms with Crippen molar-refractivity contribution >= 4 is 23.2 Å². The van der Waals surface area contributed by atoms with Crippen LogP contribution < -0.4 is 5.32 Å². The molecule has 5 nitrogen and oxygen atoms in total. The lowest BCUT2D eigenvalue weighted by atomic mass is 10.1. The molecule has 0 saturated heterocycles. The summed E-state index contributed by atoms with van der Waals surface area (Å²) in [7, 11) is 0. The number of nitrogens with one attached hydrogen (secondary N) is 1. The topological polar surface area (TPSA) is 79.3 Å². The van der Waals surface area contributed by atoms with Crippen LogP contribution in [-0.4, -0.2) is 22.0 Å². The van der Waals surface area contributed by atoms with Gasteiger partial charge in [-0.3, -0.25) is 4.79 Å². The number of carboxylic acids is 1. The van der Waals surface area contributed by atoms with E-state index in [0.29, 0.717) is 11.4 Å². The lowest BCUT2D eigenvalue weighted by molar-refractivity contribution is -0.122. The number of hydrogen-bond acceptors (Lipinski definition) is 4. The fourth-order valence-electron chi connectivity index (χ4n) is 2.42. The molecule has 2 N–H and O–H groups in total. The number of benzene rings is 1. The van der Waals surface area contributed by atoms with Crippen LogP contribution in [0.3, 0.4) is 0 Å². The van der Waals surface area contributed by atoms with E-state index in [0.717, 1.165) is 17.4 Å². The highest BCUT2D eigenvalue weighted by Gasteiger charge is 2.45. The number of nitrogens with zero attached hydrogens (tertiary/aromatic N) is 1. The van der Waals surface area contributed by atoms with Crippen molar-refractivity contribution in [3.05, 3.63) is 51.5 Å². The fraction of sp³-hybridized carbons (Fsp3) is 0.267. The molecule has 0 aliphatic heterocycles. The molecule has 0 spiro atoms. The Labute approximate surface area is 134 Å². The Hall–Kier alpha value is -2.35. The van der Waals surface area contributed by atoms with E-state index in [2.05, 4.69) is 10.3 Å². The van der Waals surface area contributed by atoms with Gasteiger partial charge in [-0.15, -0.1) is 11.3 Å². The minimum Gasteiger partial charge on any atom is -0.476 e. The number of amides is 1. The zero-order valence-electron chi connectivity index (χ0n) is 11.8. The van der Waals surface area contributed by atoms with Gasteiger partial charge in [-0.2, -0.15) is 0 Å². The van der Waals surface area contributed by atoms with Crippen LogP contribution in [0.4, 0.5) is 8.78 Å². The predicted molar refractivity (Wildman–Crippen MR) is 78.1 cm³/mol. The summed E-state index contributed by atoms with van der Waals surface area (Å²) in [4.78, 5) is 26.6. The van der Waals surface area contributed by atoms with Gasteiger partial charge in [0.15, 0.2) is 17.3 Å². The normalized spacial score (nSPS) is 19.4. The van der Waals surface area contributed by atoms with Crippen LogP contribution in [0, 0.1) is 17.6 Å². The quantitative estimate of drug-likeness (QED) is 0.878. The van der Waals surface area contributed by atoms with Crippen LogP contribution in [0.5, 0.6) is 0 Å². The molecule has 0 bridgehead atoms. The SMILES string of the molecule is O=C(O)c1csc(CNC(=O)[C@H]2C[C@H]2c2cccc(F)c2F)n1. The van der Waals surface area contributed by atoms with E-state index in [1.165, 1.54) is 17.5 Å². The second-order valence-corrected chi connectivity index (χ2v) is 6.18. The Kier molecular flexibility index (Phi) is 4.08. The van der Waals surface area contributed by atoms with Gasteiger partial charge in [0.05, 0.1) is 6.54 Å². The van der Waals surface area contributed by atoms with Gasteiger partial charge in [0.2, 0.25) is 5.91 Å². The van der Waals surface area contributed by atoms with Gasteiger partial charge >= 0.3 is 5.97 Å². The molecule has 1 heterocycles. The number of carboxylic acid groups (broad SMARTS) is 1. The Morgan fingerprint density at radius 3 is 2.87 bits per heavy atom. The molecule has 1 aromatic heterocycles. The van der Waals surface area contributed by atoms with E-state index < -0.39 is 23.5 Å². The third kappa shape index (κ3) is 3.21. The molecule has 8 heteroatoms. The molecular formula is C15H12F2N2O3S. The Balaban J connectivity index is 1.58. The predicted octanol–water partition coefficient (Wildman–Crippen LogP) is 2.54. The largest absolute Gasteiger partial charge is 0.476 e. The summed E-state index contributed by atoms with van der Waals surface area (Å²) in [5, 5.41) is 13.3. The summed E-state index contributed by atoms with van der Waals surface area (Å²) in [6.45, 7) is 0.117. The van der Waals surface area contributed by atoms with E-state index in [9.17, 15) is 18.4 Å². The number of carbonyl (C=O) groups excluding carboxylic acids is 1. The van der Waals surface area contributed by atoms with Crippen molar-refractivity contribution < 1.29 is 23.5 Å². The van der Waals surface area contributed by atoms with E-state index in [1.54, 1.807) is 0 Å².